The first-order valence-electron chi connectivity index (χ1n) is 6.92. The molecule has 0 aliphatic carbocycles. The number of amides is 1. The number of unbranched alkanes of at least 4 members (excludes halogenated alkanes) is 2. The van der Waals surface area contributed by atoms with E-state index in [9.17, 15) is 4.79 Å². The van der Waals surface area contributed by atoms with Crippen LogP contribution >= 0.6 is 23.1 Å². The number of carbonyl (C=O) groups excluding carboxylic acids is 1. The molecule has 21 heavy (non-hydrogen) atoms. The number of thiazole rings is 1. The Morgan fingerprint density at radius 2 is 2.29 bits per heavy atom. The van der Waals surface area contributed by atoms with E-state index in [1.54, 1.807) is 11.8 Å². The van der Waals surface area contributed by atoms with Crippen molar-refractivity contribution < 1.29 is 9.90 Å². The number of aromatic nitrogens is 1. The van der Waals surface area contributed by atoms with Crippen LogP contribution in [-0.2, 0) is 0 Å². The van der Waals surface area contributed by atoms with Gasteiger partial charge in [0.25, 0.3) is 5.91 Å². The second-order valence-electron chi connectivity index (χ2n) is 4.37. The van der Waals surface area contributed by atoms with Gasteiger partial charge in [0.1, 0.15) is 4.88 Å². The molecule has 0 spiro atoms. The zero-order valence-electron chi connectivity index (χ0n) is 12.4. The van der Waals surface area contributed by atoms with Crippen LogP contribution in [-0.4, -0.2) is 39.9 Å². The minimum Gasteiger partial charge on any atom is -0.395 e. The number of nitrogens with zero attached hydrogens (tertiary/aromatic N) is 2. The summed E-state index contributed by atoms with van der Waals surface area (Å²) in [4.78, 5) is 20.4. The second-order valence-corrected chi connectivity index (χ2v) is 6.66. The third-order valence-corrected chi connectivity index (χ3v) is 4.56. The van der Waals surface area contributed by atoms with Gasteiger partial charge in [0.05, 0.1) is 11.7 Å². The molecule has 0 bridgehead atoms. The fourth-order valence-electron chi connectivity index (χ4n) is 1.54. The molecule has 0 unspecified atom stereocenters. The largest absolute Gasteiger partial charge is 0.395 e. The van der Waals surface area contributed by atoms with E-state index >= 15 is 0 Å². The van der Waals surface area contributed by atoms with E-state index in [0.29, 0.717) is 22.4 Å². The molecule has 1 aromatic heterocycles. The SMILES string of the molecule is CCCCCSC(C)=Nc1nc(NCCO)sc1C(N)=O. The third-order valence-electron chi connectivity index (χ3n) is 2.54. The number of hydrogen-bond donors (Lipinski definition) is 3. The Bertz CT molecular complexity index is 489. The fraction of sp³-hybridized carbons (Fsp3) is 0.615. The molecule has 1 rings (SSSR count). The molecule has 4 N–H and O–H groups in total. The second kappa shape index (κ2) is 9.75. The van der Waals surface area contributed by atoms with Crippen LogP contribution in [0.4, 0.5) is 10.9 Å². The van der Waals surface area contributed by atoms with E-state index < -0.39 is 5.91 Å². The molecule has 0 fully saturated rings. The first-order chi connectivity index (χ1) is 10.1. The molecular formula is C13H22N4O2S2. The van der Waals surface area contributed by atoms with Crippen LogP contribution in [0.3, 0.4) is 0 Å². The van der Waals surface area contributed by atoms with Crippen LogP contribution in [0, 0.1) is 0 Å². The molecule has 0 radical (unpaired) electrons. The van der Waals surface area contributed by atoms with Crippen LogP contribution in [0.2, 0.25) is 0 Å². The molecule has 6 nitrogen and oxygen atoms in total. The summed E-state index contributed by atoms with van der Waals surface area (Å²) in [6.07, 6.45) is 3.55. The summed E-state index contributed by atoms with van der Waals surface area (Å²) in [6, 6.07) is 0. The Balaban J connectivity index is 2.74. The fourth-order valence-corrected chi connectivity index (χ4v) is 3.12. The van der Waals surface area contributed by atoms with Crippen molar-refractivity contribution in [3.05, 3.63) is 4.88 Å². The van der Waals surface area contributed by atoms with Crippen molar-refractivity contribution in [1.82, 2.24) is 4.98 Å². The number of aliphatic hydroxyl groups is 1. The van der Waals surface area contributed by atoms with Crippen molar-refractivity contribution in [2.45, 2.75) is 33.1 Å². The van der Waals surface area contributed by atoms with Gasteiger partial charge in [-0.15, -0.1) is 11.8 Å². The smallest absolute Gasteiger partial charge is 0.262 e. The number of thioether (sulfide) groups is 1. The van der Waals surface area contributed by atoms with Gasteiger partial charge in [-0.25, -0.2) is 4.99 Å². The van der Waals surface area contributed by atoms with Gasteiger partial charge in [0.15, 0.2) is 10.9 Å². The van der Waals surface area contributed by atoms with E-state index in [2.05, 4.69) is 22.2 Å². The lowest BCUT2D eigenvalue weighted by molar-refractivity contribution is 0.100. The zero-order valence-corrected chi connectivity index (χ0v) is 14.0. The molecule has 1 amide bonds. The Kier molecular flexibility index (Phi) is 8.33. The van der Waals surface area contributed by atoms with Gasteiger partial charge in [0, 0.05) is 6.54 Å². The number of anilines is 1. The minimum absolute atomic E-state index is 0.00358. The number of rotatable bonds is 9. The van der Waals surface area contributed by atoms with Gasteiger partial charge in [-0.2, -0.15) is 4.98 Å². The van der Waals surface area contributed by atoms with Crippen LogP contribution in [0.1, 0.15) is 42.8 Å². The summed E-state index contributed by atoms with van der Waals surface area (Å²) < 4.78 is 0. The number of nitrogens with two attached hydrogens (primary N) is 1. The maximum absolute atomic E-state index is 11.4. The predicted molar refractivity (Wildman–Crippen MR) is 91.0 cm³/mol. The van der Waals surface area contributed by atoms with Crippen molar-refractivity contribution in [2.75, 3.05) is 24.2 Å². The summed E-state index contributed by atoms with van der Waals surface area (Å²) in [7, 11) is 0. The summed E-state index contributed by atoms with van der Waals surface area (Å²) in [5, 5.41) is 13.1. The van der Waals surface area contributed by atoms with E-state index in [1.807, 2.05) is 6.92 Å². The Morgan fingerprint density at radius 3 is 2.90 bits per heavy atom. The molecule has 1 heterocycles. The average molecular weight is 330 g/mol. The van der Waals surface area contributed by atoms with Gasteiger partial charge >= 0.3 is 0 Å². The van der Waals surface area contributed by atoms with Crippen molar-refractivity contribution in [2.24, 2.45) is 10.7 Å². The first kappa shape index (κ1) is 17.9. The van der Waals surface area contributed by atoms with E-state index in [4.69, 9.17) is 10.8 Å². The van der Waals surface area contributed by atoms with Gasteiger partial charge in [-0.3, -0.25) is 4.79 Å². The van der Waals surface area contributed by atoms with Crippen molar-refractivity contribution in [3.63, 3.8) is 0 Å². The molecule has 1 aromatic rings. The lowest BCUT2D eigenvalue weighted by Gasteiger charge is -2.00. The first-order valence-corrected chi connectivity index (χ1v) is 8.72. The molecule has 0 atom stereocenters. The number of aliphatic hydroxyl groups excluding tert-OH is 1. The average Bonchev–Trinajstić information content (AvgIpc) is 2.84. The highest BCUT2D eigenvalue weighted by Crippen LogP contribution is 2.29. The summed E-state index contributed by atoms with van der Waals surface area (Å²) in [5.74, 6) is 0.829. The van der Waals surface area contributed by atoms with E-state index in [0.717, 1.165) is 28.6 Å². The van der Waals surface area contributed by atoms with Crippen LogP contribution in [0.25, 0.3) is 0 Å². The normalized spacial score (nSPS) is 11.7. The quantitative estimate of drug-likeness (QED) is 0.367. The summed E-state index contributed by atoms with van der Waals surface area (Å²) >= 11 is 2.82. The van der Waals surface area contributed by atoms with E-state index in [1.165, 1.54) is 12.8 Å². The van der Waals surface area contributed by atoms with Crippen molar-refractivity contribution >= 4 is 45.0 Å². The summed E-state index contributed by atoms with van der Waals surface area (Å²) in [6.45, 7) is 4.44. The third kappa shape index (κ3) is 6.45. The van der Waals surface area contributed by atoms with Crippen LogP contribution in [0.15, 0.2) is 4.99 Å². The minimum atomic E-state index is -0.535. The highest BCUT2D eigenvalue weighted by molar-refractivity contribution is 8.13. The number of nitrogens with one attached hydrogen (secondary N) is 1. The van der Waals surface area contributed by atoms with Gasteiger partial charge in [-0.1, -0.05) is 31.1 Å². The monoisotopic (exact) mass is 330 g/mol. The standard InChI is InChI=1S/C13H22N4O2S2/c1-3-4-5-8-20-9(2)16-12-10(11(14)19)21-13(17-12)15-6-7-18/h18H,3-8H2,1-2H3,(H2,14,19)(H,15,17). The number of aliphatic imine (C=N–C) groups is 1. The zero-order chi connectivity index (χ0) is 15.7. The molecule has 0 aliphatic heterocycles. The highest BCUT2D eigenvalue weighted by atomic mass is 32.2. The van der Waals surface area contributed by atoms with Crippen molar-refractivity contribution in [3.8, 4) is 0 Å². The lowest BCUT2D eigenvalue weighted by Crippen LogP contribution is -2.09. The maximum Gasteiger partial charge on any atom is 0.262 e. The number of hydrogen-bond acceptors (Lipinski definition) is 7. The van der Waals surface area contributed by atoms with Gasteiger partial charge in [-0.05, 0) is 19.1 Å². The molecule has 0 aliphatic rings. The Hall–Kier alpha value is -1.12. The van der Waals surface area contributed by atoms with Gasteiger partial charge in [0.2, 0.25) is 0 Å². The van der Waals surface area contributed by atoms with Crippen molar-refractivity contribution in [1.29, 1.82) is 0 Å². The summed E-state index contributed by atoms with van der Waals surface area (Å²) in [5.41, 5.74) is 5.35. The molecule has 0 saturated carbocycles. The van der Waals surface area contributed by atoms with Crippen LogP contribution < -0.4 is 11.1 Å². The topological polar surface area (TPSA) is 101 Å². The molecule has 8 heteroatoms. The molecular weight excluding hydrogens is 308 g/mol. The maximum atomic E-state index is 11.4. The molecule has 118 valence electrons. The Labute approximate surface area is 133 Å². The predicted octanol–water partition coefficient (Wildman–Crippen LogP) is 2.62. The molecule has 0 saturated heterocycles. The van der Waals surface area contributed by atoms with Gasteiger partial charge < -0.3 is 16.2 Å². The number of carbonyl (C=O) groups is 1. The highest BCUT2D eigenvalue weighted by Gasteiger charge is 2.15. The number of primary amides is 1. The van der Waals surface area contributed by atoms with Crippen LogP contribution in [0.5, 0.6) is 0 Å². The Morgan fingerprint density at radius 1 is 1.52 bits per heavy atom. The lowest BCUT2D eigenvalue weighted by atomic mass is 10.3. The molecule has 0 aromatic carbocycles. The van der Waals surface area contributed by atoms with E-state index in [-0.39, 0.29) is 6.61 Å².